The van der Waals surface area contributed by atoms with E-state index in [4.69, 9.17) is 24.5 Å². The molecule has 0 unspecified atom stereocenters. The Morgan fingerprint density at radius 2 is 1.85 bits per heavy atom. The summed E-state index contributed by atoms with van der Waals surface area (Å²) in [7, 11) is -0.733. The van der Waals surface area contributed by atoms with Crippen LogP contribution in [-0.2, 0) is 30.0 Å². The number of nitrogens with zero attached hydrogens (tertiary/aromatic N) is 2. The van der Waals surface area contributed by atoms with Gasteiger partial charge < -0.3 is 29.6 Å². The summed E-state index contributed by atoms with van der Waals surface area (Å²) in [5, 5.41) is 11.2. The van der Waals surface area contributed by atoms with Gasteiger partial charge in [-0.25, -0.2) is 0 Å². The molecule has 2 aromatic rings. The Kier molecular flexibility index (Phi) is 7.93. The third kappa shape index (κ3) is 5.59. The zero-order valence-corrected chi connectivity index (χ0v) is 23.7. The van der Waals surface area contributed by atoms with Crippen LogP contribution in [0.3, 0.4) is 0 Å². The minimum Gasteiger partial charge on any atom is -0.459 e. The van der Waals surface area contributed by atoms with Crippen molar-refractivity contribution in [3.8, 4) is 0 Å². The van der Waals surface area contributed by atoms with E-state index in [9.17, 15) is 14.7 Å². The van der Waals surface area contributed by atoms with Crippen LogP contribution in [0.15, 0.2) is 30.6 Å². The lowest BCUT2D eigenvalue weighted by Gasteiger charge is -2.46. The van der Waals surface area contributed by atoms with Crippen molar-refractivity contribution in [3.05, 3.63) is 47.4 Å². The normalized spacial score (nSPS) is 27.8. The Labute approximate surface area is 229 Å². The van der Waals surface area contributed by atoms with E-state index in [1.54, 1.807) is 37.5 Å². The predicted octanol–water partition coefficient (Wildman–Crippen LogP) is 2.71. The molecule has 4 rings (SSSR count). The molecular formula is C28H38BN3O7. The Morgan fingerprint density at radius 1 is 1.18 bits per heavy atom. The first-order valence-electron chi connectivity index (χ1n) is 13.3. The van der Waals surface area contributed by atoms with Crippen LogP contribution in [0, 0.1) is 0 Å². The average Bonchev–Trinajstić information content (AvgIpc) is 3.08. The van der Waals surface area contributed by atoms with Crippen molar-refractivity contribution in [2.24, 2.45) is 0 Å². The molecular weight excluding hydrogens is 501 g/mol. The summed E-state index contributed by atoms with van der Waals surface area (Å²) >= 11 is 0. The summed E-state index contributed by atoms with van der Waals surface area (Å²) in [5.74, 6) is -0.779. The van der Waals surface area contributed by atoms with E-state index in [1.807, 2.05) is 34.6 Å². The van der Waals surface area contributed by atoms with Crippen LogP contribution in [0.25, 0.3) is 0 Å². The number of Topliss-reactive ketones (excluding diaryl/α,β-unsaturated/α-hetero) is 1. The van der Waals surface area contributed by atoms with Crippen molar-refractivity contribution in [3.63, 3.8) is 0 Å². The van der Waals surface area contributed by atoms with E-state index in [0.29, 0.717) is 17.6 Å². The zero-order valence-electron chi connectivity index (χ0n) is 23.7. The quantitative estimate of drug-likeness (QED) is 0.306. The lowest BCUT2D eigenvalue weighted by molar-refractivity contribution is -0.234. The maximum absolute atomic E-state index is 13.5. The molecule has 0 amide bonds. The number of hydrogen-bond acceptors (Lipinski definition) is 10. The van der Waals surface area contributed by atoms with Gasteiger partial charge in [0, 0.05) is 32.2 Å². The molecule has 2 aromatic heterocycles. The highest BCUT2D eigenvalue weighted by Gasteiger charge is 2.53. The number of carbonyl (C=O) groups is 2. The van der Waals surface area contributed by atoms with Crippen LogP contribution < -0.4 is 11.3 Å². The number of nitrogen functional groups attached to an aromatic ring is 1. The number of carbonyl (C=O) groups excluding carboxylic acids is 2. The Morgan fingerprint density at radius 3 is 2.46 bits per heavy atom. The first kappa shape index (κ1) is 29.1. The van der Waals surface area contributed by atoms with Crippen molar-refractivity contribution in [1.29, 1.82) is 0 Å². The lowest BCUT2D eigenvalue weighted by Crippen LogP contribution is -2.57. The SMILES string of the molecule is CC[C@@]1(O)[C@@H](C)O[C@@H](c2ccncc2CC(=O)c2nc(B3OC(C)(C)C(C)(C)O3)ccc2N)C[C@H]1OC(C)=O. The number of hydrogen-bond donors (Lipinski definition) is 2. The highest BCUT2D eigenvalue weighted by Crippen LogP contribution is 2.41. The molecule has 0 bridgehead atoms. The molecule has 0 spiro atoms. The fourth-order valence-corrected chi connectivity index (χ4v) is 5.11. The number of aromatic nitrogens is 2. The summed E-state index contributed by atoms with van der Waals surface area (Å²) < 4.78 is 23.9. The number of esters is 1. The molecule has 11 heteroatoms. The van der Waals surface area contributed by atoms with Gasteiger partial charge in [-0.2, -0.15) is 0 Å². The standard InChI is InChI=1S/C28H38BN3O7/c1-8-28(35)16(2)36-22(14-23(28)37-17(3)33)19-11-12-31-15-18(19)13-21(34)25-20(30)9-10-24(32-25)29-38-26(4,5)27(6,7)39-29/h9-12,15-16,22-23,35H,8,13-14,30H2,1-7H3/t16-,22-,23-,28-/m1/s1. The number of anilines is 1. The molecule has 0 aromatic carbocycles. The number of rotatable bonds is 7. The summed E-state index contributed by atoms with van der Waals surface area (Å²) in [6, 6.07) is 5.11. The minimum atomic E-state index is -1.32. The average molecular weight is 539 g/mol. The van der Waals surface area contributed by atoms with Gasteiger partial charge in [0.05, 0.1) is 34.7 Å². The van der Waals surface area contributed by atoms with Gasteiger partial charge in [0.25, 0.3) is 0 Å². The van der Waals surface area contributed by atoms with E-state index in [2.05, 4.69) is 9.97 Å². The predicted molar refractivity (Wildman–Crippen MR) is 145 cm³/mol. The summed E-state index contributed by atoms with van der Waals surface area (Å²) in [5.41, 5.74) is 5.93. The van der Waals surface area contributed by atoms with Crippen molar-refractivity contribution in [2.75, 3.05) is 5.73 Å². The van der Waals surface area contributed by atoms with Gasteiger partial charge in [-0.15, -0.1) is 0 Å². The summed E-state index contributed by atoms with van der Waals surface area (Å²) in [6.07, 6.45) is 1.87. The Hall–Kier alpha value is -2.86. The fraction of sp³-hybridized carbons (Fsp3) is 0.571. The Balaban J connectivity index is 1.59. The van der Waals surface area contributed by atoms with E-state index >= 15 is 0 Å². The van der Waals surface area contributed by atoms with Crippen LogP contribution in [0.5, 0.6) is 0 Å². The van der Waals surface area contributed by atoms with Crippen molar-refractivity contribution >= 4 is 30.2 Å². The zero-order chi connectivity index (χ0) is 28.8. The highest BCUT2D eigenvalue weighted by atomic mass is 16.7. The number of nitrogens with two attached hydrogens (primary N) is 1. The molecule has 10 nitrogen and oxygen atoms in total. The van der Waals surface area contributed by atoms with Crippen LogP contribution in [0.4, 0.5) is 5.69 Å². The second-order valence-electron chi connectivity index (χ2n) is 11.4. The molecule has 4 heterocycles. The molecule has 2 fully saturated rings. The number of aliphatic hydroxyl groups is 1. The van der Waals surface area contributed by atoms with Gasteiger partial charge in [0.2, 0.25) is 0 Å². The third-order valence-corrected chi connectivity index (χ3v) is 8.28. The topological polar surface area (TPSA) is 143 Å². The van der Waals surface area contributed by atoms with E-state index in [1.165, 1.54) is 6.92 Å². The van der Waals surface area contributed by atoms with Crippen LogP contribution in [-0.4, -0.2) is 63.0 Å². The van der Waals surface area contributed by atoms with Crippen molar-refractivity contribution in [2.45, 2.75) is 103 Å². The van der Waals surface area contributed by atoms with Crippen LogP contribution in [0.1, 0.15) is 89.0 Å². The van der Waals surface area contributed by atoms with Gasteiger partial charge >= 0.3 is 13.1 Å². The van der Waals surface area contributed by atoms with Crippen molar-refractivity contribution in [1.82, 2.24) is 9.97 Å². The number of pyridine rings is 2. The summed E-state index contributed by atoms with van der Waals surface area (Å²) in [6.45, 7) is 12.7. The molecule has 2 aliphatic heterocycles. The second kappa shape index (κ2) is 10.6. The molecule has 0 aliphatic carbocycles. The van der Waals surface area contributed by atoms with E-state index in [0.717, 1.165) is 5.56 Å². The molecule has 0 radical (unpaired) electrons. The maximum atomic E-state index is 13.5. The molecule has 3 N–H and O–H groups in total. The van der Waals surface area contributed by atoms with Gasteiger partial charge in [-0.3, -0.25) is 19.6 Å². The molecule has 2 aliphatic rings. The van der Waals surface area contributed by atoms with E-state index in [-0.39, 0.29) is 30.0 Å². The van der Waals surface area contributed by atoms with Gasteiger partial charge in [-0.05, 0) is 70.4 Å². The number of ketones is 1. The molecule has 2 saturated heterocycles. The molecule has 39 heavy (non-hydrogen) atoms. The monoisotopic (exact) mass is 539 g/mol. The van der Waals surface area contributed by atoms with E-state index < -0.39 is 48.2 Å². The van der Waals surface area contributed by atoms with Crippen LogP contribution in [0.2, 0.25) is 0 Å². The third-order valence-electron chi connectivity index (χ3n) is 8.28. The smallest absolute Gasteiger partial charge is 0.459 e. The maximum Gasteiger partial charge on any atom is 0.514 e. The highest BCUT2D eigenvalue weighted by molar-refractivity contribution is 6.61. The molecule has 0 saturated carbocycles. The minimum absolute atomic E-state index is 0.0300. The van der Waals surface area contributed by atoms with Gasteiger partial charge in [0.15, 0.2) is 5.78 Å². The second-order valence-corrected chi connectivity index (χ2v) is 11.4. The first-order valence-corrected chi connectivity index (χ1v) is 13.3. The first-order chi connectivity index (χ1) is 18.2. The Bertz CT molecular complexity index is 1240. The van der Waals surface area contributed by atoms with Crippen LogP contribution >= 0.6 is 0 Å². The van der Waals surface area contributed by atoms with Gasteiger partial charge in [-0.1, -0.05) is 6.92 Å². The fourth-order valence-electron chi connectivity index (χ4n) is 5.11. The van der Waals surface area contributed by atoms with Crippen molar-refractivity contribution < 1.29 is 33.5 Å². The number of ether oxygens (including phenoxy) is 2. The summed E-state index contributed by atoms with van der Waals surface area (Å²) in [4.78, 5) is 34.1. The lowest BCUT2D eigenvalue weighted by atomic mass is 9.80. The largest absolute Gasteiger partial charge is 0.514 e. The molecule has 4 atom stereocenters. The van der Waals surface area contributed by atoms with Gasteiger partial charge in [0.1, 0.15) is 17.4 Å². The molecule has 210 valence electrons.